The van der Waals surface area contributed by atoms with Gasteiger partial charge in [0.15, 0.2) is 12.2 Å². The first-order valence-corrected chi connectivity index (χ1v) is 9.57. The summed E-state index contributed by atoms with van der Waals surface area (Å²) in [7, 11) is 0. The summed E-state index contributed by atoms with van der Waals surface area (Å²) in [6.07, 6.45) is -0.622. The molecule has 0 saturated heterocycles. The summed E-state index contributed by atoms with van der Waals surface area (Å²) in [4.78, 5) is 27.2. The molecule has 2 aromatic rings. The molecule has 148 valence electrons. The second-order valence-electron chi connectivity index (χ2n) is 6.89. The molecule has 1 aliphatic heterocycles. The lowest BCUT2D eigenvalue weighted by molar-refractivity contribution is -0.129. The fourth-order valence-electron chi connectivity index (χ4n) is 3.10. The fourth-order valence-corrected chi connectivity index (χ4v) is 3.10. The molecule has 0 fully saturated rings. The SMILES string of the molecule is CCCNC(=O)[C@H]1CN(C(=O)[C@@H](C)Oc2cccc(C)c2)c2ccccc2O1. The number of nitrogens with one attached hydrogen (secondary N) is 1. The highest BCUT2D eigenvalue weighted by Crippen LogP contribution is 2.34. The summed E-state index contributed by atoms with van der Waals surface area (Å²) < 4.78 is 11.7. The van der Waals surface area contributed by atoms with Crippen LogP contribution in [-0.4, -0.2) is 37.1 Å². The summed E-state index contributed by atoms with van der Waals surface area (Å²) in [5.41, 5.74) is 1.70. The summed E-state index contributed by atoms with van der Waals surface area (Å²) >= 11 is 0. The number of nitrogens with zero attached hydrogens (tertiary/aromatic N) is 1. The molecule has 0 bridgehead atoms. The van der Waals surface area contributed by atoms with Crippen LogP contribution in [0.3, 0.4) is 0 Å². The third-order valence-corrected chi connectivity index (χ3v) is 4.53. The Morgan fingerprint density at radius 2 is 2.04 bits per heavy atom. The van der Waals surface area contributed by atoms with Gasteiger partial charge in [0.25, 0.3) is 11.8 Å². The lowest BCUT2D eigenvalue weighted by Gasteiger charge is -2.35. The predicted octanol–water partition coefficient (Wildman–Crippen LogP) is 3.08. The smallest absolute Gasteiger partial charge is 0.268 e. The Balaban J connectivity index is 1.79. The van der Waals surface area contributed by atoms with Crippen molar-refractivity contribution < 1.29 is 19.1 Å². The molecule has 28 heavy (non-hydrogen) atoms. The van der Waals surface area contributed by atoms with Crippen LogP contribution in [0.15, 0.2) is 48.5 Å². The Hall–Kier alpha value is -3.02. The van der Waals surface area contributed by atoms with Crippen LogP contribution in [-0.2, 0) is 9.59 Å². The Morgan fingerprint density at radius 1 is 1.25 bits per heavy atom. The number of benzene rings is 2. The van der Waals surface area contributed by atoms with E-state index < -0.39 is 12.2 Å². The van der Waals surface area contributed by atoms with Crippen molar-refractivity contribution in [2.75, 3.05) is 18.0 Å². The molecule has 6 heteroatoms. The molecule has 0 spiro atoms. The van der Waals surface area contributed by atoms with Crippen LogP contribution in [0.5, 0.6) is 11.5 Å². The van der Waals surface area contributed by atoms with Crippen molar-refractivity contribution in [2.45, 2.75) is 39.4 Å². The summed E-state index contributed by atoms with van der Waals surface area (Å²) in [5.74, 6) is 0.716. The first-order chi connectivity index (χ1) is 13.5. The average molecular weight is 382 g/mol. The van der Waals surface area contributed by atoms with Crippen LogP contribution in [0.2, 0.25) is 0 Å². The van der Waals surface area contributed by atoms with Gasteiger partial charge in [-0.1, -0.05) is 31.2 Å². The van der Waals surface area contributed by atoms with Crippen LogP contribution in [0.1, 0.15) is 25.8 Å². The van der Waals surface area contributed by atoms with E-state index in [0.29, 0.717) is 23.7 Å². The second-order valence-corrected chi connectivity index (χ2v) is 6.89. The minimum absolute atomic E-state index is 0.146. The Morgan fingerprint density at radius 3 is 2.79 bits per heavy atom. The van der Waals surface area contributed by atoms with E-state index in [1.54, 1.807) is 17.9 Å². The van der Waals surface area contributed by atoms with Gasteiger partial charge in [0, 0.05) is 6.54 Å². The van der Waals surface area contributed by atoms with Gasteiger partial charge < -0.3 is 19.7 Å². The molecule has 6 nitrogen and oxygen atoms in total. The standard InChI is InChI=1S/C22H26N2O4/c1-4-12-23-21(25)20-14-24(18-10-5-6-11-19(18)28-20)22(26)16(3)27-17-9-7-8-15(2)13-17/h5-11,13,16,20H,4,12,14H2,1-3H3,(H,23,25)/t16-,20-/m1/s1. The molecule has 3 rings (SSSR count). The van der Waals surface area contributed by atoms with Crippen molar-refractivity contribution in [3.05, 3.63) is 54.1 Å². The highest BCUT2D eigenvalue weighted by atomic mass is 16.5. The minimum atomic E-state index is -0.753. The number of ether oxygens (including phenoxy) is 2. The molecule has 1 aliphatic rings. The van der Waals surface area contributed by atoms with Crippen LogP contribution in [0.25, 0.3) is 0 Å². The number of fused-ring (bicyclic) bond motifs is 1. The number of anilines is 1. The fraction of sp³-hybridized carbons (Fsp3) is 0.364. The van der Waals surface area contributed by atoms with Gasteiger partial charge in [0.2, 0.25) is 0 Å². The molecule has 0 radical (unpaired) electrons. The van der Waals surface area contributed by atoms with Gasteiger partial charge >= 0.3 is 0 Å². The quantitative estimate of drug-likeness (QED) is 0.834. The van der Waals surface area contributed by atoms with Crippen LogP contribution >= 0.6 is 0 Å². The summed E-state index contributed by atoms with van der Waals surface area (Å²) in [5, 5.41) is 2.83. The van der Waals surface area contributed by atoms with Crippen molar-refractivity contribution >= 4 is 17.5 Å². The normalized spacial score (nSPS) is 16.5. The maximum absolute atomic E-state index is 13.1. The Labute approximate surface area is 165 Å². The molecule has 1 N–H and O–H groups in total. The van der Waals surface area contributed by atoms with Crippen LogP contribution < -0.4 is 19.7 Å². The van der Waals surface area contributed by atoms with Crippen molar-refractivity contribution in [3.63, 3.8) is 0 Å². The Bertz CT molecular complexity index is 852. The molecule has 2 aromatic carbocycles. The maximum atomic E-state index is 13.1. The predicted molar refractivity (Wildman–Crippen MR) is 108 cm³/mol. The molecule has 0 unspecified atom stereocenters. The molecule has 1 heterocycles. The third-order valence-electron chi connectivity index (χ3n) is 4.53. The number of carbonyl (C=O) groups is 2. The van der Waals surface area contributed by atoms with E-state index in [9.17, 15) is 9.59 Å². The number of carbonyl (C=O) groups excluding carboxylic acids is 2. The highest BCUT2D eigenvalue weighted by molar-refractivity contribution is 5.99. The van der Waals surface area contributed by atoms with Gasteiger partial charge in [-0.2, -0.15) is 0 Å². The number of amides is 2. The molecule has 0 aromatic heterocycles. The van der Waals surface area contributed by atoms with Gasteiger partial charge in [-0.05, 0) is 50.1 Å². The molecular formula is C22H26N2O4. The van der Waals surface area contributed by atoms with E-state index in [-0.39, 0.29) is 18.4 Å². The van der Waals surface area contributed by atoms with Gasteiger partial charge in [-0.15, -0.1) is 0 Å². The molecule has 0 saturated carbocycles. The van der Waals surface area contributed by atoms with E-state index in [0.717, 1.165) is 12.0 Å². The Kier molecular flexibility index (Phi) is 6.19. The zero-order chi connectivity index (χ0) is 20.1. The van der Waals surface area contributed by atoms with E-state index >= 15 is 0 Å². The first-order valence-electron chi connectivity index (χ1n) is 9.57. The van der Waals surface area contributed by atoms with Gasteiger partial charge in [0.1, 0.15) is 11.5 Å². The minimum Gasteiger partial charge on any atom is -0.481 e. The number of aryl methyl sites for hydroxylation is 1. The van der Waals surface area contributed by atoms with Gasteiger partial charge in [-0.25, -0.2) is 0 Å². The first kappa shape index (κ1) is 19.7. The van der Waals surface area contributed by atoms with Crippen molar-refractivity contribution in [1.82, 2.24) is 5.32 Å². The lowest BCUT2D eigenvalue weighted by Crippen LogP contribution is -2.53. The van der Waals surface area contributed by atoms with E-state index in [2.05, 4.69) is 5.32 Å². The summed E-state index contributed by atoms with van der Waals surface area (Å²) in [6, 6.07) is 14.8. The van der Waals surface area contributed by atoms with Crippen LogP contribution in [0, 0.1) is 6.92 Å². The van der Waals surface area contributed by atoms with E-state index in [4.69, 9.17) is 9.47 Å². The van der Waals surface area contributed by atoms with Crippen molar-refractivity contribution in [1.29, 1.82) is 0 Å². The number of rotatable bonds is 6. The molecule has 0 aliphatic carbocycles. The van der Waals surface area contributed by atoms with E-state index in [1.807, 2.05) is 56.3 Å². The zero-order valence-electron chi connectivity index (χ0n) is 16.5. The lowest BCUT2D eigenvalue weighted by atomic mass is 10.1. The number of para-hydroxylation sites is 2. The van der Waals surface area contributed by atoms with Gasteiger partial charge in [-0.3, -0.25) is 9.59 Å². The zero-order valence-corrected chi connectivity index (χ0v) is 16.5. The monoisotopic (exact) mass is 382 g/mol. The van der Waals surface area contributed by atoms with Crippen molar-refractivity contribution in [2.24, 2.45) is 0 Å². The van der Waals surface area contributed by atoms with Gasteiger partial charge in [0.05, 0.1) is 12.2 Å². The maximum Gasteiger partial charge on any atom is 0.268 e. The number of hydrogen-bond acceptors (Lipinski definition) is 4. The molecular weight excluding hydrogens is 356 g/mol. The number of hydrogen-bond donors (Lipinski definition) is 1. The van der Waals surface area contributed by atoms with E-state index in [1.165, 1.54) is 0 Å². The topological polar surface area (TPSA) is 67.9 Å². The second kappa shape index (κ2) is 8.78. The molecule has 2 amide bonds. The highest BCUT2D eigenvalue weighted by Gasteiger charge is 2.35. The average Bonchev–Trinajstić information content (AvgIpc) is 2.70. The van der Waals surface area contributed by atoms with Crippen LogP contribution in [0.4, 0.5) is 5.69 Å². The third kappa shape index (κ3) is 4.44. The molecule has 2 atom stereocenters. The summed E-state index contributed by atoms with van der Waals surface area (Å²) in [6.45, 7) is 6.39. The largest absolute Gasteiger partial charge is 0.481 e. The van der Waals surface area contributed by atoms with Crippen molar-refractivity contribution in [3.8, 4) is 11.5 Å².